The third-order valence-electron chi connectivity index (χ3n) is 1.75. The van der Waals surface area contributed by atoms with Crippen molar-refractivity contribution in [2.45, 2.75) is 12.8 Å². The number of hydrogen-bond donors (Lipinski definition) is 1. The summed E-state index contributed by atoms with van der Waals surface area (Å²) in [4.78, 5) is 23.2. The van der Waals surface area contributed by atoms with E-state index in [0.29, 0.717) is 0 Å². The van der Waals surface area contributed by atoms with Gasteiger partial charge in [-0.2, -0.15) is 0 Å². The lowest BCUT2D eigenvalue weighted by molar-refractivity contribution is -0.390. The Morgan fingerprint density at radius 2 is 2.16 bits per heavy atom. The third-order valence-corrected chi connectivity index (χ3v) is 2.71. The molecule has 0 fully saturated rings. The van der Waals surface area contributed by atoms with E-state index in [9.17, 15) is 28.1 Å². The lowest BCUT2D eigenvalue weighted by atomic mass is 10.2. The Morgan fingerprint density at radius 1 is 1.58 bits per heavy atom. The topological polar surface area (TPSA) is 103 Å². The lowest BCUT2D eigenvalue weighted by Crippen LogP contribution is -2.19. The van der Waals surface area contributed by atoms with Gasteiger partial charge in [0.05, 0.1) is 12.0 Å². The van der Waals surface area contributed by atoms with Crippen molar-refractivity contribution in [1.82, 2.24) is 4.98 Å². The number of aromatic nitrogens is 1. The Bertz CT molecular complexity index is 534. The van der Waals surface area contributed by atoms with Crippen LogP contribution in [0.3, 0.4) is 0 Å². The predicted octanol–water partition coefficient (Wildman–Crippen LogP) is 2.12. The van der Waals surface area contributed by atoms with Crippen molar-refractivity contribution in [2.75, 3.05) is 0 Å². The SMILES string of the molecule is O=C(O)Cc1c(I)cc(OC(F)(F)F)nc1[N+](=O)[O-]. The number of ether oxygens (including phenoxy) is 1. The highest BCUT2D eigenvalue weighted by Crippen LogP contribution is 2.29. The van der Waals surface area contributed by atoms with Gasteiger partial charge in [0.15, 0.2) is 0 Å². The first-order valence-electron chi connectivity index (χ1n) is 4.41. The maximum absolute atomic E-state index is 12.0. The highest BCUT2D eigenvalue weighted by Gasteiger charge is 2.35. The van der Waals surface area contributed by atoms with Gasteiger partial charge in [-0.25, -0.2) is 0 Å². The molecular weight excluding hydrogens is 388 g/mol. The quantitative estimate of drug-likeness (QED) is 0.479. The largest absolute Gasteiger partial charge is 0.575 e. The zero-order chi connectivity index (χ0) is 14.8. The van der Waals surface area contributed by atoms with Crippen molar-refractivity contribution in [3.05, 3.63) is 25.3 Å². The van der Waals surface area contributed by atoms with Gasteiger partial charge in [0.2, 0.25) is 0 Å². The molecule has 19 heavy (non-hydrogen) atoms. The van der Waals surface area contributed by atoms with Crippen LogP contribution in [-0.2, 0) is 11.2 Å². The summed E-state index contributed by atoms with van der Waals surface area (Å²) in [6.45, 7) is 0. The van der Waals surface area contributed by atoms with Crippen molar-refractivity contribution in [3.8, 4) is 5.88 Å². The fourth-order valence-corrected chi connectivity index (χ4v) is 1.84. The number of carbonyl (C=O) groups is 1. The van der Waals surface area contributed by atoms with E-state index in [4.69, 9.17) is 5.11 Å². The minimum atomic E-state index is -5.04. The Hall–Kier alpha value is -1.66. The van der Waals surface area contributed by atoms with Crippen LogP contribution in [0.5, 0.6) is 5.88 Å². The fourth-order valence-electron chi connectivity index (χ4n) is 1.14. The summed E-state index contributed by atoms with van der Waals surface area (Å²) >= 11 is 1.47. The van der Waals surface area contributed by atoms with E-state index in [2.05, 4.69) is 9.72 Å². The van der Waals surface area contributed by atoms with Gasteiger partial charge >= 0.3 is 24.0 Å². The molecule has 0 saturated carbocycles. The number of rotatable bonds is 4. The van der Waals surface area contributed by atoms with Crippen LogP contribution >= 0.6 is 22.6 Å². The number of aliphatic carboxylic acids is 1. The van der Waals surface area contributed by atoms with Gasteiger partial charge in [0, 0.05) is 14.6 Å². The second-order valence-corrected chi connectivity index (χ2v) is 4.28. The normalized spacial score (nSPS) is 11.2. The first-order chi connectivity index (χ1) is 8.60. The fraction of sp³-hybridized carbons (Fsp3) is 0.250. The van der Waals surface area contributed by atoms with E-state index in [1.54, 1.807) is 0 Å². The molecule has 1 heterocycles. The summed E-state index contributed by atoms with van der Waals surface area (Å²) in [6, 6.07) is 0.777. The van der Waals surface area contributed by atoms with Crippen LogP contribution in [-0.4, -0.2) is 27.3 Å². The molecule has 0 aliphatic rings. The maximum Gasteiger partial charge on any atom is 0.575 e. The van der Waals surface area contributed by atoms with Gasteiger partial charge in [-0.05, 0) is 27.5 Å². The van der Waals surface area contributed by atoms with Crippen molar-refractivity contribution in [3.63, 3.8) is 0 Å². The molecule has 0 aliphatic heterocycles. The molecule has 1 rings (SSSR count). The van der Waals surface area contributed by atoms with E-state index in [1.807, 2.05) is 0 Å². The molecule has 0 aliphatic carbocycles. The van der Waals surface area contributed by atoms with Crippen LogP contribution < -0.4 is 4.74 Å². The molecule has 0 aromatic carbocycles. The predicted molar refractivity (Wildman–Crippen MR) is 61.6 cm³/mol. The minimum Gasteiger partial charge on any atom is -0.481 e. The number of nitrogens with zero attached hydrogens (tertiary/aromatic N) is 2. The van der Waals surface area contributed by atoms with E-state index in [-0.39, 0.29) is 9.13 Å². The lowest BCUT2D eigenvalue weighted by Gasteiger charge is -2.07. The van der Waals surface area contributed by atoms with E-state index >= 15 is 0 Å². The van der Waals surface area contributed by atoms with Crippen molar-refractivity contribution in [1.29, 1.82) is 0 Å². The molecule has 0 amide bonds. The van der Waals surface area contributed by atoms with Gasteiger partial charge in [0.1, 0.15) is 0 Å². The molecule has 0 bridgehead atoms. The van der Waals surface area contributed by atoms with Gasteiger partial charge < -0.3 is 20.0 Å². The number of pyridine rings is 1. The summed E-state index contributed by atoms with van der Waals surface area (Å²) in [6.07, 6.45) is -5.77. The maximum atomic E-state index is 12.0. The van der Waals surface area contributed by atoms with Crippen molar-refractivity contribution >= 4 is 34.4 Å². The highest BCUT2D eigenvalue weighted by molar-refractivity contribution is 14.1. The van der Waals surface area contributed by atoms with Crippen molar-refractivity contribution in [2.24, 2.45) is 0 Å². The molecule has 0 atom stereocenters. The van der Waals surface area contributed by atoms with Crippen LogP contribution in [0.15, 0.2) is 6.07 Å². The van der Waals surface area contributed by atoms with Gasteiger partial charge in [0.25, 0.3) is 0 Å². The average Bonchev–Trinajstić information content (AvgIpc) is 2.18. The molecule has 7 nitrogen and oxygen atoms in total. The molecule has 11 heteroatoms. The van der Waals surface area contributed by atoms with Crippen LogP contribution in [0.2, 0.25) is 0 Å². The van der Waals surface area contributed by atoms with Gasteiger partial charge in [-0.3, -0.25) is 4.79 Å². The molecule has 0 unspecified atom stereocenters. The molecule has 0 spiro atoms. The smallest absolute Gasteiger partial charge is 0.481 e. The Morgan fingerprint density at radius 3 is 2.58 bits per heavy atom. The standard InChI is InChI=1S/C8H4F3IN2O5/c9-8(10,11)19-5-2-4(12)3(1-6(15)16)7(13-5)14(17)18/h2H,1H2,(H,15,16). The minimum absolute atomic E-state index is 0.0547. The highest BCUT2D eigenvalue weighted by atomic mass is 127. The molecule has 0 saturated heterocycles. The number of nitro groups is 1. The summed E-state index contributed by atoms with van der Waals surface area (Å²) in [5, 5.41) is 19.3. The Balaban J connectivity index is 3.29. The molecule has 1 aromatic rings. The first kappa shape index (κ1) is 15.4. The van der Waals surface area contributed by atoms with Crippen LogP contribution in [0.1, 0.15) is 5.56 Å². The monoisotopic (exact) mass is 392 g/mol. The molecule has 1 aromatic heterocycles. The number of carboxylic acids is 1. The molecule has 1 N–H and O–H groups in total. The van der Waals surface area contributed by atoms with Gasteiger partial charge in [-0.1, -0.05) is 0 Å². The molecule has 0 radical (unpaired) electrons. The number of hydrogen-bond acceptors (Lipinski definition) is 5. The van der Waals surface area contributed by atoms with E-state index in [0.717, 1.165) is 6.07 Å². The average molecular weight is 392 g/mol. The number of alkyl halides is 3. The number of carboxylic acid groups (broad SMARTS) is 1. The van der Waals surface area contributed by atoms with Crippen LogP contribution in [0, 0.1) is 13.7 Å². The first-order valence-corrected chi connectivity index (χ1v) is 5.49. The second-order valence-electron chi connectivity index (χ2n) is 3.12. The third kappa shape index (κ3) is 4.50. The summed E-state index contributed by atoms with van der Waals surface area (Å²) in [5.41, 5.74) is -0.285. The van der Waals surface area contributed by atoms with Gasteiger partial charge in [-0.15, -0.1) is 13.2 Å². The van der Waals surface area contributed by atoms with Crippen LogP contribution in [0.25, 0.3) is 0 Å². The molecular formula is C8H4F3IN2O5. The van der Waals surface area contributed by atoms with E-state index < -0.39 is 35.4 Å². The number of halogens is 4. The molecule has 104 valence electrons. The van der Waals surface area contributed by atoms with Crippen molar-refractivity contribution < 1.29 is 32.7 Å². The summed E-state index contributed by atoms with van der Waals surface area (Å²) < 4.78 is 39.4. The van der Waals surface area contributed by atoms with Crippen LogP contribution in [0.4, 0.5) is 19.0 Å². The Kier molecular flexibility index (Phi) is 4.49. The summed E-state index contributed by atoms with van der Waals surface area (Å²) in [5.74, 6) is -3.36. The Labute approximate surface area is 116 Å². The summed E-state index contributed by atoms with van der Waals surface area (Å²) in [7, 11) is 0. The zero-order valence-corrected chi connectivity index (χ0v) is 10.9. The van der Waals surface area contributed by atoms with E-state index in [1.165, 1.54) is 22.6 Å². The second kappa shape index (κ2) is 5.54. The zero-order valence-electron chi connectivity index (χ0n) is 8.77.